The molecule has 1 aliphatic heterocycles. The molecule has 0 spiro atoms. The van der Waals surface area contributed by atoms with Gasteiger partial charge in [0, 0.05) is 24.4 Å². The highest BCUT2D eigenvalue weighted by Crippen LogP contribution is 2.23. The summed E-state index contributed by atoms with van der Waals surface area (Å²) in [7, 11) is 0. The van der Waals surface area contributed by atoms with E-state index in [1.165, 1.54) is 6.07 Å². The van der Waals surface area contributed by atoms with Gasteiger partial charge in [-0.15, -0.1) is 0 Å². The van der Waals surface area contributed by atoms with Crippen LogP contribution in [0.3, 0.4) is 0 Å². The lowest BCUT2D eigenvalue weighted by atomic mass is 10.0. The van der Waals surface area contributed by atoms with Gasteiger partial charge in [0.25, 0.3) is 0 Å². The summed E-state index contributed by atoms with van der Waals surface area (Å²) in [6.07, 6.45) is 2.07. The van der Waals surface area contributed by atoms with Gasteiger partial charge in [-0.1, -0.05) is 6.07 Å². The number of nitrogens with one attached hydrogen (secondary N) is 1. The molecule has 2 atom stereocenters. The molecule has 5 heteroatoms. The number of benzene rings is 1. The Balaban J connectivity index is 1.96. The van der Waals surface area contributed by atoms with Crippen LogP contribution < -0.4 is 10.1 Å². The lowest BCUT2D eigenvalue weighted by Crippen LogP contribution is -2.32. The number of alkyl halides is 2. The van der Waals surface area contributed by atoms with Crippen LogP contribution in [0.1, 0.15) is 19.8 Å². The Morgan fingerprint density at radius 3 is 3.00 bits per heavy atom. The van der Waals surface area contributed by atoms with Crippen molar-refractivity contribution < 1.29 is 18.3 Å². The number of hydrogen-bond acceptors (Lipinski definition) is 3. The molecule has 18 heavy (non-hydrogen) atoms. The van der Waals surface area contributed by atoms with Crippen molar-refractivity contribution in [3.8, 4) is 5.75 Å². The molecule has 0 aromatic heterocycles. The molecule has 1 saturated heterocycles. The van der Waals surface area contributed by atoms with Crippen molar-refractivity contribution in [1.82, 2.24) is 0 Å². The first-order chi connectivity index (χ1) is 8.63. The van der Waals surface area contributed by atoms with Crippen LogP contribution in [0.4, 0.5) is 14.5 Å². The zero-order valence-electron chi connectivity index (χ0n) is 10.2. The summed E-state index contributed by atoms with van der Waals surface area (Å²) in [6.45, 7) is -0.0284. The number of hydrogen-bond donors (Lipinski definition) is 1. The van der Waals surface area contributed by atoms with E-state index in [-0.39, 0.29) is 11.9 Å². The highest BCUT2D eigenvalue weighted by molar-refractivity contribution is 5.48. The average Bonchev–Trinajstić information content (AvgIpc) is 2.28. The van der Waals surface area contributed by atoms with E-state index in [0.29, 0.717) is 6.04 Å². The third-order valence-corrected chi connectivity index (χ3v) is 2.92. The molecule has 1 aliphatic rings. The molecule has 3 nitrogen and oxygen atoms in total. The summed E-state index contributed by atoms with van der Waals surface area (Å²) >= 11 is 0. The molecular weight excluding hydrogens is 240 g/mol. The van der Waals surface area contributed by atoms with Gasteiger partial charge in [-0.25, -0.2) is 0 Å². The smallest absolute Gasteiger partial charge is 0.387 e. The van der Waals surface area contributed by atoms with E-state index < -0.39 is 6.61 Å². The van der Waals surface area contributed by atoms with Gasteiger partial charge in [-0.3, -0.25) is 0 Å². The number of rotatable bonds is 4. The number of anilines is 1. The fourth-order valence-electron chi connectivity index (χ4n) is 2.13. The van der Waals surface area contributed by atoms with Crippen LogP contribution in [0, 0.1) is 0 Å². The lowest BCUT2D eigenvalue weighted by molar-refractivity contribution is -0.0498. The van der Waals surface area contributed by atoms with Gasteiger partial charge in [0.2, 0.25) is 0 Å². The molecule has 1 fully saturated rings. The van der Waals surface area contributed by atoms with E-state index in [1.54, 1.807) is 12.1 Å². The van der Waals surface area contributed by atoms with Crippen molar-refractivity contribution in [2.75, 3.05) is 11.9 Å². The first kappa shape index (κ1) is 13.1. The van der Waals surface area contributed by atoms with Crippen LogP contribution in [0.15, 0.2) is 24.3 Å². The number of ether oxygens (including phenoxy) is 2. The van der Waals surface area contributed by atoms with Crippen LogP contribution >= 0.6 is 0 Å². The molecule has 0 bridgehead atoms. The minimum absolute atomic E-state index is 0.176. The number of halogens is 2. The third-order valence-electron chi connectivity index (χ3n) is 2.92. The predicted molar refractivity (Wildman–Crippen MR) is 65.1 cm³/mol. The van der Waals surface area contributed by atoms with E-state index >= 15 is 0 Å². The topological polar surface area (TPSA) is 30.5 Å². The predicted octanol–water partition coefficient (Wildman–Crippen LogP) is 3.27. The Hall–Kier alpha value is -1.36. The summed E-state index contributed by atoms with van der Waals surface area (Å²) in [5, 5.41) is 3.32. The molecule has 100 valence electrons. The van der Waals surface area contributed by atoms with Crippen molar-refractivity contribution in [2.24, 2.45) is 0 Å². The van der Waals surface area contributed by atoms with Crippen molar-refractivity contribution in [3.05, 3.63) is 24.3 Å². The normalized spacial score (nSPS) is 24.0. The molecule has 1 aromatic carbocycles. The van der Waals surface area contributed by atoms with E-state index in [9.17, 15) is 8.78 Å². The van der Waals surface area contributed by atoms with Crippen molar-refractivity contribution in [2.45, 2.75) is 38.5 Å². The maximum Gasteiger partial charge on any atom is 0.387 e. The molecule has 0 aliphatic carbocycles. The second kappa shape index (κ2) is 6.00. The fraction of sp³-hybridized carbons (Fsp3) is 0.538. The molecule has 0 saturated carbocycles. The largest absolute Gasteiger partial charge is 0.435 e. The summed E-state index contributed by atoms with van der Waals surface area (Å²) < 4.78 is 34.0. The van der Waals surface area contributed by atoms with Crippen LogP contribution in [-0.2, 0) is 4.74 Å². The van der Waals surface area contributed by atoms with Gasteiger partial charge in [0.15, 0.2) is 0 Å². The highest BCUT2D eigenvalue weighted by atomic mass is 19.3. The summed E-state index contributed by atoms with van der Waals surface area (Å²) in [5.74, 6) is 0.176. The van der Waals surface area contributed by atoms with Gasteiger partial charge in [0.1, 0.15) is 5.75 Å². The molecular formula is C13H17F2NO2. The first-order valence-corrected chi connectivity index (χ1v) is 6.06. The second-order valence-electron chi connectivity index (χ2n) is 4.45. The van der Waals surface area contributed by atoms with Crippen LogP contribution in [0.5, 0.6) is 5.75 Å². The van der Waals surface area contributed by atoms with Gasteiger partial charge in [-0.05, 0) is 31.9 Å². The summed E-state index contributed by atoms with van der Waals surface area (Å²) in [6, 6.07) is 6.97. The minimum atomic E-state index is -2.79. The van der Waals surface area contributed by atoms with E-state index in [1.807, 2.05) is 13.0 Å². The Bertz CT molecular complexity index is 387. The first-order valence-electron chi connectivity index (χ1n) is 6.06. The fourth-order valence-corrected chi connectivity index (χ4v) is 2.13. The zero-order valence-corrected chi connectivity index (χ0v) is 10.2. The van der Waals surface area contributed by atoms with Crippen molar-refractivity contribution >= 4 is 5.69 Å². The van der Waals surface area contributed by atoms with Crippen molar-refractivity contribution in [3.63, 3.8) is 0 Å². The molecule has 0 amide bonds. The highest BCUT2D eigenvalue weighted by Gasteiger charge is 2.19. The standard InChI is InChI=1S/C13H17F2NO2/c1-9-7-11(5-6-17-9)16-10-3-2-4-12(8-10)18-13(14)15/h2-4,8-9,11,13,16H,5-7H2,1H3. The molecule has 2 unspecified atom stereocenters. The minimum Gasteiger partial charge on any atom is -0.435 e. The van der Waals surface area contributed by atoms with E-state index in [2.05, 4.69) is 10.1 Å². The Morgan fingerprint density at radius 2 is 2.28 bits per heavy atom. The Labute approximate surface area is 105 Å². The Kier molecular flexibility index (Phi) is 4.36. The summed E-state index contributed by atoms with van der Waals surface area (Å²) in [4.78, 5) is 0. The molecule has 1 heterocycles. The molecule has 0 radical (unpaired) electrons. The van der Waals surface area contributed by atoms with Gasteiger partial charge in [-0.2, -0.15) is 8.78 Å². The van der Waals surface area contributed by atoms with Gasteiger partial charge >= 0.3 is 6.61 Å². The maximum absolute atomic E-state index is 12.1. The molecule has 1 N–H and O–H groups in total. The third kappa shape index (κ3) is 3.84. The van der Waals surface area contributed by atoms with Crippen LogP contribution in [0.2, 0.25) is 0 Å². The average molecular weight is 257 g/mol. The second-order valence-corrected chi connectivity index (χ2v) is 4.45. The van der Waals surface area contributed by atoms with E-state index in [0.717, 1.165) is 25.1 Å². The maximum atomic E-state index is 12.1. The molecule has 2 rings (SSSR count). The van der Waals surface area contributed by atoms with Crippen LogP contribution in [0.25, 0.3) is 0 Å². The monoisotopic (exact) mass is 257 g/mol. The van der Waals surface area contributed by atoms with E-state index in [4.69, 9.17) is 4.74 Å². The van der Waals surface area contributed by atoms with Gasteiger partial charge < -0.3 is 14.8 Å². The molecule has 1 aromatic rings. The lowest BCUT2D eigenvalue weighted by Gasteiger charge is -2.28. The quantitative estimate of drug-likeness (QED) is 0.898. The van der Waals surface area contributed by atoms with Crippen LogP contribution in [-0.4, -0.2) is 25.4 Å². The SMILES string of the molecule is CC1CC(Nc2cccc(OC(F)F)c2)CCO1. The zero-order chi connectivity index (χ0) is 13.0. The summed E-state index contributed by atoms with van der Waals surface area (Å²) in [5.41, 5.74) is 0.798. The Morgan fingerprint density at radius 1 is 1.44 bits per heavy atom. The van der Waals surface area contributed by atoms with Gasteiger partial charge in [0.05, 0.1) is 6.10 Å². The van der Waals surface area contributed by atoms with Crippen molar-refractivity contribution in [1.29, 1.82) is 0 Å².